The first kappa shape index (κ1) is 18.6. The van der Waals surface area contributed by atoms with Crippen LogP contribution >= 0.6 is 11.6 Å². The van der Waals surface area contributed by atoms with Gasteiger partial charge >= 0.3 is 0 Å². The Morgan fingerprint density at radius 2 is 2.07 bits per heavy atom. The molecule has 144 valence electrons. The molecule has 1 atom stereocenters. The topological polar surface area (TPSA) is 76.9 Å². The van der Waals surface area contributed by atoms with E-state index in [4.69, 9.17) is 11.6 Å². The zero-order valence-electron chi connectivity index (χ0n) is 15.8. The fourth-order valence-electron chi connectivity index (χ4n) is 3.57. The highest BCUT2D eigenvalue weighted by atomic mass is 35.5. The second kappa shape index (κ2) is 7.36. The first-order valence-corrected chi connectivity index (χ1v) is 9.79. The number of pyridine rings is 1. The first-order chi connectivity index (χ1) is 13.5. The molecule has 4 rings (SSSR count). The number of rotatable bonds is 3. The number of amides is 1. The molecule has 2 aromatic heterocycles. The molecule has 1 aromatic carbocycles. The van der Waals surface area contributed by atoms with Crippen LogP contribution in [0.1, 0.15) is 42.6 Å². The number of hydrogen-bond acceptors (Lipinski definition) is 4. The summed E-state index contributed by atoms with van der Waals surface area (Å²) in [5.41, 5.74) is 3.75. The van der Waals surface area contributed by atoms with Crippen molar-refractivity contribution in [1.29, 1.82) is 0 Å². The summed E-state index contributed by atoms with van der Waals surface area (Å²) in [4.78, 5) is 34.7. The standard InChI is InChI=1S/C21H21ClN4O2/c1-12-16(22)7-5-9-17(12)25-20(27)13(2)26-11-23-19-15(21(26)28)10-14-6-3-4-8-18(14)24-19/h5,7,9-11,13H,3-4,6,8H2,1-2H3,(H,25,27)/t13-/m1/s1. The van der Waals surface area contributed by atoms with E-state index < -0.39 is 6.04 Å². The maximum absolute atomic E-state index is 13.0. The van der Waals surface area contributed by atoms with Gasteiger partial charge in [-0.1, -0.05) is 17.7 Å². The van der Waals surface area contributed by atoms with Crippen LogP contribution in [0.15, 0.2) is 35.4 Å². The van der Waals surface area contributed by atoms with E-state index in [0.29, 0.717) is 21.7 Å². The summed E-state index contributed by atoms with van der Waals surface area (Å²) in [6.07, 6.45) is 5.47. The molecule has 3 aromatic rings. The van der Waals surface area contributed by atoms with Crippen molar-refractivity contribution in [2.24, 2.45) is 0 Å². The fourth-order valence-corrected chi connectivity index (χ4v) is 3.74. The van der Waals surface area contributed by atoms with E-state index in [0.717, 1.165) is 42.5 Å². The number of nitrogens with zero attached hydrogens (tertiary/aromatic N) is 3. The molecule has 7 heteroatoms. The minimum Gasteiger partial charge on any atom is -0.324 e. The van der Waals surface area contributed by atoms with Crippen molar-refractivity contribution in [1.82, 2.24) is 14.5 Å². The third-order valence-corrected chi connectivity index (χ3v) is 5.78. The molecule has 1 aliphatic carbocycles. The van der Waals surface area contributed by atoms with Crippen molar-refractivity contribution < 1.29 is 4.79 Å². The summed E-state index contributed by atoms with van der Waals surface area (Å²) in [6, 6.07) is 6.49. The summed E-state index contributed by atoms with van der Waals surface area (Å²) in [7, 11) is 0. The Kier molecular flexibility index (Phi) is 4.89. The van der Waals surface area contributed by atoms with Crippen LogP contribution in [0.3, 0.4) is 0 Å². The number of benzene rings is 1. The fraction of sp³-hybridized carbons (Fsp3) is 0.333. The predicted octanol–water partition coefficient (Wildman–Crippen LogP) is 3.83. The smallest absolute Gasteiger partial charge is 0.263 e. The summed E-state index contributed by atoms with van der Waals surface area (Å²) >= 11 is 6.12. The largest absolute Gasteiger partial charge is 0.324 e. The van der Waals surface area contributed by atoms with E-state index in [1.165, 1.54) is 10.9 Å². The minimum absolute atomic E-state index is 0.253. The number of halogens is 1. The lowest BCUT2D eigenvalue weighted by molar-refractivity contribution is -0.118. The van der Waals surface area contributed by atoms with Crippen LogP contribution < -0.4 is 10.9 Å². The number of aromatic nitrogens is 3. The van der Waals surface area contributed by atoms with Crippen LogP contribution in [0, 0.1) is 6.92 Å². The summed E-state index contributed by atoms with van der Waals surface area (Å²) < 4.78 is 1.36. The van der Waals surface area contributed by atoms with Gasteiger partial charge in [0.25, 0.3) is 5.56 Å². The monoisotopic (exact) mass is 396 g/mol. The van der Waals surface area contributed by atoms with Gasteiger partial charge in [0, 0.05) is 16.4 Å². The third-order valence-electron chi connectivity index (χ3n) is 5.37. The molecule has 0 radical (unpaired) electrons. The highest BCUT2D eigenvalue weighted by molar-refractivity contribution is 6.31. The van der Waals surface area contributed by atoms with Crippen molar-refractivity contribution in [2.45, 2.75) is 45.6 Å². The summed E-state index contributed by atoms with van der Waals surface area (Å²) in [6.45, 7) is 3.51. The third kappa shape index (κ3) is 3.29. The van der Waals surface area contributed by atoms with E-state index in [2.05, 4.69) is 15.3 Å². The Morgan fingerprint density at radius 3 is 2.89 bits per heavy atom. The lowest BCUT2D eigenvalue weighted by atomic mass is 9.95. The van der Waals surface area contributed by atoms with Crippen molar-refractivity contribution in [2.75, 3.05) is 5.32 Å². The van der Waals surface area contributed by atoms with Gasteiger partial charge in [0.2, 0.25) is 5.91 Å². The van der Waals surface area contributed by atoms with Crippen molar-refractivity contribution in [3.63, 3.8) is 0 Å². The quantitative estimate of drug-likeness (QED) is 0.729. The summed E-state index contributed by atoms with van der Waals surface area (Å²) in [5, 5.41) is 3.88. The Hall–Kier alpha value is -2.73. The number of anilines is 1. The second-order valence-electron chi connectivity index (χ2n) is 7.21. The lowest BCUT2D eigenvalue weighted by Crippen LogP contribution is -2.32. The number of hydrogen-bond donors (Lipinski definition) is 1. The van der Waals surface area contributed by atoms with Gasteiger partial charge < -0.3 is 5.32 Å². The molecule has 0 bridgehead atoms. The minimum atomic E-state index is -0.723. The predicted molar refractivity (Wildman–Crippen MR) is 110 cm³/mol. The van der Waals surface area contributed by atoms with Crippen LogP contribution in [-0.4, -0.2) is 20.4 Å². The van der Waals surface area contributed by atoms with Crippen molar-refractivity contribution >= 4 is 34.2 Å². The zero-order valence-corrected chi connectivity index (χ0v) is 16.6. The SMILES string of the molecule is Cc1c(Cl)cccc1NC(=O)[C@@H](C)n1cnc2nc3c(cc2c1=O)CCCC3. The molecule has 0 unspecified atom stereocenters. The van der Waals surface area contributed by atoms with Crippen LogP contribution in [0.2, 0.25) is 5.02 Å². The molecule has 2 heterocycles. The van der Waals surface area contributed by atoms with Gasteiger partial charge in [0.1, 0.15) is 12.4 Å². The Balaban J connectivity index is 1.68. The van der Waals surface area contributed by atoms with E-state index in [1.807, 2.05) is 13.0 Å². The number of fused-ring (bicyclic) bond motifs is 2. The van der Waals surface area contributed by atoms with Crippen LogP contribution in [0.25, 0.3) is 11.0 Å². The number of aryl methyl sites for hydroxylation is 2. The lowest BCUT2D eigenvalue weighted by Gasteiger charge is -2.18. The highest BCUT2D eigenvalue weighted by Crippen LogP contribution is 2.24. The van der Waals surface area contributed by atoms with Gasteiger partial charge in [0.15, 0.2) is 5.65 Å². The maximum Gasteiger partial charge on any atom is 0.263 e. The molecular weight excluding hydrogens is 376 g/mol. The Bertz CT molecular complexity index is 1140. The molecule has 0 aliphatic heterocycles. The zero-order chi connectivity index (χ0) is 19.8. The van der Waals surface area contributed by atoms with E-state index >= 15 is 0 Å². The maximum atomic E-state index is 13.0. The second-order valence-corrected chi connectivity index (χ2v) is 7.61. The normalized spacial score (nSPS) is 14.5. The molecule has 28 heavy (non-hydrogen) atoms. The molecule has 0 fully saturated rings. The molecular formula is C21H21ClN4O2. The first-order valence-electron chi connectivity index (χ1n) is 9.41. The average Bonchev–Trinajstić information content (AvgIpc) is 2.70. The van der Waals surface area contributed by atoms with Crippen LogP contribution in [-0.2, 0) is 17.6 Å². The van der Waals surface area contributed by atoms with Gasteiger partial charge in [-0.2, -0.15) is 0 Å². The Labute approximate surface area is 167 Å². The average molecular weight is 397 g/mol. The molecule has 0 spiro atoms. The number of carbonyl (C=O) groups excluding carboxylic acids is 1. The molecule has 1 aliphatic rings. The molecule has 0 saturated heterocycles. The molecule has 6 nitrogen and oxygen atoms in total. The molecule has 1 amide bonds. The number of carbonyl (C=O) groups is 1. The number of nitrogens with one attached hydrogen (secondary N) is 1. The summed E-state index contributed by atoms with van der Waals surface area (Å²) in [5.74, 6) is -0.306. The van der Waals surface area contributed by atoms with E-state index in [-0.39, 0.29) is 11.5 Å². The molecule has 1 N–H and O–H groups in total. The van der Waals surface area contributed by atoms with Gasteiger partial charge in [0.05, 0.1) is 5.39 Å². The van der Waals surface area contributed by atoms with E-state index in [1.54, 1.807) is 25.1 Å². The van der Waals surface area contributed by atoms with Gasteiger partial charge in [-0.05, 0) is 68.9 Å². The molecule has 0 saturated carbocycles. The van der Waals surface area contributed by atoms with Crippen LogP contribution in [0.4, 0.5) is 5.69 Å². The Morgan fingerprint density at radius 1 is 1.29 bits per heavy atom. The van der Waals surface area contributed by atoms with Crippen molar-refractivity contribution in [3.8, 4) is 0 Å². The van der Waals surface area contributed by atoms with E-state index in [9.17, 15) is 9.59 Å². The van der Waals surface area contributed by atoms with Crippen LogP contribution in [0.5, 0.6) is 0 Å². The van der Waals surface area contributed by atoms with Gasteiger partial charge in [-0.3, -0.25) is 14.2 Å². The van der Waals surface area contributed by atoms with Crippen molar-refractivity contribution in [3.05, 3.63) is 62.8 Å². The van der Waals surface area contributed by atoms with Gasteiger partial charge in [-0.25, -0.2) is 9.97 Å². The highest BCUT2D eigenvalue weighted by Gasteiger charge is 2.20. The van der Waals surface area contributed by atoms with Gasteiger partial charge in [-0.15, -0.1) is 0 Å².